The molecule has 24 heavy (non-hydrogen) atoms. The summed E-state index contributed by atoms with van der Waals surface area (Å²) in [5, 5.41) is 8.46. The Morgan fingerprint density at radius 3 is 2.62 bits per heavy atom. The molecule has 0 fully saturated rings. The Hall–Kier alpha value is -1.75. The lowest BCUT2D eigenvalue weighted by Gasteiger charge is -2.14. The SMILES string of the molecule is COCCNC(=O)CNC(=S)Nc1cccc(S(=O)(=O)N(C)C)c1. The highest BCUT2D eigenvalue weighted by atomic mass is 32.2. The number of nitrogens with zero attached hydrogens (tertiary/aromatic N) is 1. The van der Waals surface area contributed by atoms with Gasteiger partial charge in [-0.1, -0.05) is 6.07 Å². The first-order valence-electron chi connectivity index (χ1n) is 7.10. The smallest absolute Gasteiger partial charge is 0.242 e. The van der Waals surface area contributed by atoms with Gasteiger partial charge in [0.25, 0.3) is 0 Å². The van der Waals surface area contributed by atoms with Crippen LogP contribution < -0.4 is 16.0 Å². The second kappa shape index (κ2) is 9.52. The van der Waals surface area contributed by atoms with Crippen molar-refractivity contribution in [2.45, 2.75) is 4.90 Å². The van der Waals surface area contributed by atoms with Gasteiger partial charge in [0.2, 0.25) is 15.9 Å². The van der Waals surface area contributed by atoms with E-state index in [1.807, 2.05) is 0 Å². The van der Waals surface area contributed by atoms with E-state index < -0.39 is 10.0 Å². The maximum Gasteiger partial charge on any atom is 0.242 e. The van der Waals surface area contributed by atoms with Crippen molar-refractivity contribution in [1.82, 2.24) is 14.9 Å². The monoisotopic (exact) mass is 374 g/mol. The first kappa shape index (κ1) is 20.3. The average Bonchev–Trinajstić information content (AvgIpc) is 2.53. The molecule has 0 aromatic heterocycles. The predicted molar refractivity (Wildman–Crippen MR) is 96.4 cm³/mol. The van der Waals surface area contributed by atoms with E-state index in [0.717, 1.165) is 4.31 Å². The lowest BCUT2D eigenvalue weighted by atomic mass is 10.3. The maximum absolute atomic E-state index is 12.1. The second-order valence-corrected chi connectivity index (χ2v) is 7.53. The molecule has 0 unspecified atom stereocenters. The highest BCUT2D eigenvalue weighted by Gasteiger charge is 2.17. The van der Waals surface area contributed by atoms with Gasteiger partial charge in [-0.3, -0.25) is 4.79 Å². The number of carbonyl (C=O) groups excluding carboxylic acids is 1. The van der Waals surface area contributed by atoms with Crippen LogP contribution >= 0.6 is 12.2 Å². The van der Waals surface area contributed by atoms with Crippen molar-refractivity contribution in [2.24, 2.45) is 0 Å². The third kappa shape index (κ3) is 6.40. The Balaban J connectivity index is 2.58. The Labute approximate surface area is 147 Å². The van der Waals surface area contributed by atoms with E-state index in [4.69, 9.17) is 17.0 Å². The van der Waals surface area contributed by atoms with Crippen LogP contribution in [-0.2, 0) is 19.6 Å². The van der Waals surface area contributed by atoms with Gasteiger partial charge in [0.1, 0.15) is 0 Å². The minimum Gasteiger partial charge on any atom is -0.383 e. The molecule has 0 heterocycles. The molecule has 3 N–H and O–H groups in total. The van der Waals surface area contributed by atoms with Gasteiger partial charge in [0, 0.05) is 33.4 Å². The summed E-state index contributed by atoms with van der Waals surface area (Å²) in [6, 6.07) is 6.27. The summed E-state index contributed by atoms with van der Waals surface area (Å²) >= 11 is 5.09. The first-order valence-corrected chi connectivity index (χ1v) is 8.95. The number of amides is 1. The number of carbonyl (C=O) groups is 1. The highest BCUT2D eigenvalue weighted by molar-refractivity contribution is 7.89. The van der Waals surface area contributed by atoms with E-state index in [1.165, 1.54) is 26.2 Å². The summed E-state index contributed by atoms with van der Waals surface area (Å²) < 4.78 is 30.2. The summed E-state index contributed by atoms with van der Waals surface area (Å²) in [5.74, 6) is -0.222. The third-order valence-electron chi connectivity index (χ3n) is 2.91. The molecule has 0 spiro atoms. The Morgan fingerprint density at radius 1 is 1.29 bits per heavy atom. The highest BCUT2D eigenvalue weighted by Crippen LogP contribution is 2.17. The van der Waals surface area contributed by atoms with Gasteiger partial charge in [0.15, 0.2) is 5.11 Å². The fraction of sp³-hybridized carbons (Fsp3) is 0.429. The lowest BCUT2D eigenvalue weighted by molar-refractivity contribution is -0.120. The van der Waals surface area contributed by atoms with Gasteiger partial charge in [-0.15, -0.1) is 0 Å². The standard InChI is InChI=1S/C14H22N4O4S2/c1-18(2)24(20,21)12-6-4-5-11(9-12)17-14(23)16-10-13(19)15-7-8-22-3/h4-6,9H,7-8,10H2,1-3H3,(H,15,19)(H2,16,17,23). The van der Waals surface area contributed by atoms with Crippen LogP contribution in [0.1, 0.15) is 0 Å². The van der Waals surface area contributed by atoms with Crippen molar-refractivity contribution in [3.63, 3.8) is 0 Å². The van der Waals surface area contributed by atoms with Crippen molar-refractivity contribution in [1.29, 1.82) is 0 Å². The number of ether oxygens (including phenoxy) is 1. The molecule has 0 radical (unpaired) electrons. The van der Waals surface area contributed by atoms with E-state index in [2.05, 4.69) is 16.0 Å². The number of anilines is 1. The van der Waals surface area contributed by atoms with E-state index >= 15 is 0 Å². The van der Waals surface area contributed by atoms with Gasteiger partial charge in [-0.25, -0.2) is 12.7 Å². The summed E-state index contributed by atoms with van der Waals surface area (Å²) in [5.41, 5.74) is 0.509. The molecule has 0 saturated heterocycles. The van der Waals surface area contributed by atoms with Gasteiger partial charge in [-0.05, 0) is 30.4 Å². The third-order valence-corrected chi connectivity index (χ3v) is 4.97. The quantitative estimate of drug-likeness (QED) is 0.435. The molecule has 1 rings (SSSR count). The molecule has 0 aliphatic heterocycles. The van der Waals surface area contributed by atoms with E-state index in [0.29, 0.717) is 18.8 Å². The number of hydrogen-bond donors (Lipinski definition) is 3. The molecule has 0 atom stereocenters. The van der Waals surface area contributed by atoms with Gasteiger partial charge in [0.05, 0.1) is 18.0 Å². The summed E-state index contributed by atoms with van der Waals surface area (Å²) in [6.07, 6.45) is 0. The van der Waals surface area contributed by atoms with Crippen molar-refractivity contribution >= 4 is 38.9 Å². The van der Waals surface area contributed by atoms with Crippen LogP contribution in [0.4, 0.5) is 5.69 Å². The normalized spacial score (nSPS) is 11.2. The van der Waals surface area contributed by atoms with Crippen LogP contribution in [0.25, 0.3) is 0 Å². The van der Waals surface area contributed by atoms with Crippen molar-refractivity contribution in [2.75, 3.05) is 46.2 Å². The molecular weight excluding hydrogens is 352 g/mol. The molecular formula is C14H22N4O4S2. The van der Waals surface area contributed by atoms with Crippen LogP contribution in [0.15, 0.2) is 29.2 Å². The molecule has 0 saturated carbocycles. The molecule has 134 valence electrons. The van der Waals surface area contributed by atoms with Crippen molar-refractivity contribution in [3.05, 3.63) is 24.3 Å². The topological polar surface area (TPSA) is 99.8 Å². The molecule has 10 heteroatoms. The van der Waals surface area contributed by atoms with Crippen LogP contribution in [0.3, 0.4) is 0 Å². The van der Waals surface area contributed by atoms with E-state index in [9.17, 15) is 13.2 Å². The predicted octanol–water partition coefficient (Wildman–Crippen LogP) is -0.0141. The van der Waals surface area contributed by atoms with Crippen LogP contribution in [0.5, 0.6) is 0 Å². The molecule has 8 nitrogen and oxygen atoms in total. The molecule has 1 aromatic carbocycles. The summed E-state index contributed by atoms with van der Waals surface area (Å²) in [6.45, 7) is 0.856. The minimum absolute atomic E-state index is 0.00519. The zero-order valence-electron chi connectivity index (χ0n) is 13.8. The molecule has 0 aliphatic carbocycles. The number of benzene rings is 1. The Kier molecular flexibility index (Phi) is 8.05. The van der Waals surface area contributed by atoms with Crippen LogP contribution in [0, 0.1) is 0 Å². The van der Waals surface area contributed by atoms with Crippen LogP contribution in [0.2, 0.25) is 0 Å². The van der Waals surface area contributed by atoms with Crippen LogP contribution in [-0.4, -0.2) is 64.6 Å². The van der Waals surface area contributed by atoms with Gasteiger partial charge in [-0.2, -0.15) is 0 Å². The van der Waals surface area contributed by atoms with Gasteiger partial charge >= 0.3 is 0 Å². The average molecular weight is 374 g/mol. The number of thiocarbonyl (C=S) groups is 1. The molecule has 0 bridgehead atoms. The number of rotatable bonds is 8. The fourth-order valence-electron chi connectivity index (χ4n) is 1.64. The number of sulfonamides is 1. The molecule has 1 amide bonds. The zero-order chi connectivity index (χ0) is 18.2. The zero-order valence-corrected chi connectivity index (χ0v) is 15.5. The first-order chi connectivity index (χ1) is 11.3. The number of methoxy groups -OCH3 is 1. The summed E-state index contributed by atoms with van der Waals surface area (Å²) in [7, 11) is 0.954. The lowest BCUT2D eigenvalue weighted by Crippen LogP contribution is -2.39. The Bertz CT molecular complexity index is 677. The summed E-state index contributed by atoms with van der Waals surface area (Å²) in [4.78, 5) is 11.7. The fourth-order valence-corrected chi connectivity index (χ4v) is 2.77. The number of hydrogen-bond acceptors (Lipinski definition) is 5. The molecule has 0 aliphatic rings. The minimum atomic E-state index is -3.52. The van der Waals surface area contributed by atoms with E-state index in [1.54, 1.807) is 19.2 Å². The number of nitrogens with one attached hydrogen (secondary N) is 3. The Morgan fingerprint density at radius 2 is 2.00 bits per heavy atom. The second-order valence-electron chi connectivity index (χ2n) is 4.97. The van der Waals surface area contributed by atoms with Gasteiger partial charge < -0.3 is 20.7 Å². The molecule has 1 aromatic rings. The van der Waals surface area contributed by atoms with Crippen molar-refractivity contribution in [3.8, 4) is 0 Å². The largest absolute Gasteiger partial charge is 0.383 e. The maximum atomic E-state index is 12.1. The van der Waals surface area contributed by atoms with Crippen molar-refractivity contribution < 1.29 is 17.9 Å². The van der Waals surface area contributed by atoms with E-state index in [-0.39, 0.29) is 22.5 Å².